The molecule has 32 heavy (non-hydrogen) atoms. The molecule has 176 valence electrons. The molecule has 1 N–H and O–H groups in total. The second-order valence-electron chi connectivity index (χ2n) is 7.47. The van der Waals surface area contributed by atoms with E-state index >= 15 is 0 Å². The molecule has 0 bridgehead atoms. The topological polar surface area (TPSA) is 99.1 Å². The molecule has 2 heterocycles. The van der Waals surface area contributed by atoms with Crippen LogP contribution in [0.4, 0.5) is 5.69 Å². The maximum Gasteiger partial charge on any atom is 0.264 e. The van der Waals surface area contributed by atoms with Crippen LogP contribution in [0.2, 0.25) is 0 Å². The molecule has 0 radical (unpaired) electrons. The summed E-state index contributed by atoms with van der Waals surface area (Å²) in [6.07, 6.45) is 0. The summed E-state index contributed by atoms with van der Waals surface area (Å²) in [4.78, 5) is 14.9. The Hall–Kier alpha value is -2.72. The fraction of sp³-hybridized carbons (Fsp3) is 0.500. The van der Waals surface area contributed by atoms with Crippen LogP contribution in [0.1, 0.15) is 35.6 Å². The van der Waals surface area contributed by atoms with Crippen molar-refractivity contribution in [2.24, 2.45) is 7.05 Å². The van der Waals surface area contributed by atoms with E-state index in [1.165, 1.54) is 0 Å². The Balaban J connectivity index is 2.07. The number of anilines is 1. The zero-order chi connectivity index (χ0) is 23.5. The number of morpholine rings is 1. The van der Waals surface area contributed by atoms with E-state index in [0.717, 1.165) is 0 Å². The summed E-state index contributed by atoms with van der Waals surface area (Å²) in [7, 11) is -2.37. The summed E-state index contributed by atoms with van der Waals surface area (Å²) in [6, 6.07) is 4.97. The van der Waals surface area contributed by atoms with Gasteiger partial charge in [-0.15, -0.1) is 0 Å². The van der Waals surface area contributed by atoms with E-state index in [2.05, 4.69) is 4.72 Å². The van der Waals surface area contributed by atoms with Gasteiger partial charge in [-0.2, -0.15) is 0 Å². The fourth-order valence-electron chi connectivity index (χ4n) is 3.74. The van der Waals surface area contributed by atoms with E-state index in [9.17, 15) is 13.2 Å². The predicted molar refractivity (Wildman–Crippen MR) is 121 cm³/mol. The lowest BCUT2D eigenvalue weighted by molar-refractivity contribution is 0.0300. The molecule has 1 aromatic carbocycles. The van der Waals surface area contributed by atoms with E-state index in [4.69, 9.17) is 14.2 Å². The Labute approximate surface area is 189 Å². The molecule has 1 aliphatic heterocycles. The van der Waals surface area contributed by atoms with Crippen molar-refractivity contribution in [3.8, 4) is 11.5 Å². The molecule has 0 spiro atoms. The smallest absolute Gasteiger partial charge is 0.264 e. The number of ether oxygens (including phenoxy) is 3. The van der Waals surface area contributed by atoms with Crippen LogP contribution in [0.25, 0.3) is 0 Å². The lowest BCUT2D eigenvalue weighted by atomic mass is 10.2. The van der Waals surface area contributed by atoms with E-state index in [0.29, 0.717) is 62.4 Å². The van der Waals surface area contributed by atoms with E-state index < -0.39 is 10.0 Å². The Bertz CT molecular complexity index is 1090. The van der Waals surface area contributed by atoms with Gasteiger partial charge in [-0.25, -0.2) is 8.42 Å². The Morgan fingerprint density at radius 1 is 1.09 bits per heavy atom. The van der Waals surface area contributed by atoms with Gasteiger partial charge in [0.05, 0.1) is 37.7 Å². The number of benzene rings is 1. The van der Waals surface area contributed by atoms with Crippen LogP contribution in [-0.2, 0) is 21.8 Å². The quantitative estimate of drug-likeness (QED) is 0.644. The average molecular weight is 466 g/mol. The number of rotatable bonds is 8. The molecule has 1 aliphatic rings. The molecular weight excluding hydrogens is 434 g/mol. The first-order valence-electron chi connectivity index (χ1n) is 10.7. The van der Waals surface area contributed by atoms with Crippen molar-refractivity contribution in [2.45, 2.75) is 32.6 Å². The molecule has 0 unspecified atom stereocenters. The standard InChI is InChI=1S/C22H31N3O6S/c1-6-30-17-8-9-19(31-7-2)18(14-17)23-32(27,28)21-16(4)24(5)15(3)20(21)22(26)25-10-12-29-13-11-25/h8-9,14,23H,6-7,10-13H2,1-5H3. The first kappa shape index (κ1) is 23.9. The van der Waals surface area contributed by atoms with Gasteiger partial charge >= 0.3 is 0 Å². The maximum atomic E-state index is 13.6. The van der Waals surface area contributed by atoms with Gasteiger partial charge < -0.3 is 23.7 Å². The van der Waals surface area contributed by atoms with Gasteiger partial charge in [0.2, 0.25) is 0 Å². The van der Waals surface area contributed by atoms with E-state index in [-0.39, 0.29) is 22.1 Å². The lowest BCUT2D eigenvalue weighted by Gasteiger charge is -2.27. The second-order valence-corrected chi connectivity index (χ2v) is 9.09. The highest BCUT2D eigenvalue weighted by Gasteiger charge is 2.34. The highest BCUT2D eigenvalue weighted by Crippen LogP contribution is 2.34. The number of carbonyl (C=O) groups is 1. The third kappa shape index (κ3) is 4.71. The Morgan fingerprint density at radius 2 is 1.75 bits per heavy atom. The minimum absolute atomic E-state index is 0.0294. The number of nitrogens with zero attached hydrogens (tertiary/aromatic N) is 2. The number of aromatic nitrogens is 1. The van der Waals surface area contributed by atoms with Crippen LogP contribution in [0.3, 0.4) is 0 Å². The van der Waals surface area contributed by atoms with E-state index in [1.807, 2.05) is 13.8 Å². The number of sulfonamides is 1. The van der Waals surface area contributed by atoms with Crippen LogP contribution < -0.4 is 14.2 Å². The van der Waals surface area contributed by atoms with Crippen molar-refractivity contribution in [3.05, 3.63) is 35.2 Å². The van der Waals surface area contributed by atoms with Gasteiger partial charge in [-0.05, 0) is 39.8 Å². The van der Waals surface area contributed by atoms with Crippen molar-refractivity contribution in [1.82, 2.24) is 9.47 Å². The zero-order valence-electron chi connectivity index (χ0n) is 19.2. The van der Waals surface area contributed by atoms with Crippen molar-refractivity contribution in [3.63, 3.8) is 0 Å². The van der Waals surface area contributed by atoms with Crippen molar-refractivity contribution >= 4 is 21.6 Å². The van der Waals surface area contributed by atoms with Gasteiger partial charge in [0.1, 0.15) is 16.4 Å². The van der Waals surface area contributed by atoms with Crippen LogP contribution in [0, 0.1) is 13.8 Å². The molecule has 0 aliphatic carbocycles. The molecular formula is C22H31N3O6S. The first-order chi connectivity index (χ1) is 15.2. The lowest BCUT2D eigenvalue weighted by Crippen LogP contribution is -2.41. The monoisotopic (exact) mass is 465 g/mol. The Kier molecular flexibility index (Phi) is 7.35. The van der Waals surface area contributed by atoms with Gasteiger partial charge in [0.15, 0.2) is 0 Å². The molecule has 1 amide bonds. The predicted octanol–water partition coefficient (Wildman–Crippen LogP) is 2.71. The largest absolute Gasteiger partial charge is 0.494 e. The molecule has 1 aromatic heterocycles. The number of nitrogens with one attached hydrogen (secondary N) is 1. The number of hydrogen-bond acceptors (Lipinski definition) is 6. The van der Waals surface area contributed by atoms with Crippen molar-refractivity contribution < 1.29 is 27.4 Å². The minimum Gasteiger partial charge on any atom is -0.494 e. The van der Waals surface area contributed by atoms with Crippen molar-refractivity contribution in [2.75, 3.05) is 44.2 Å². The van der Waals surface area contributed by atoms with E-state index in [1.54, 1.807) is 48.6 Å². The molecule has 2 aromatic rings. The molecule has 10 heteroatoms. The molecule has 3 rings (SSSR count). The van der Waals surface area contributed by atoms with Crippen LogP contribution in [0.5, 0.6) is 11.5 Å². The SMILES string of the molecule is CCOc1ccc(OCC)c(NS(=O)(=O)c2c(C(=O)N3CCOCC3)c(C)n(C)c2C)c1. The van der Waals surface area contributed by atoms with Crippen LogP contribution >= 0.6 is 0 Å². The number of amides is 1. The van der Waals surface area contributed by atoms with Crippen LogP contribution in [0.15, 0.2) is 23.1 Å². The first-order valence-corrected chi connectivity index (χ1v) is 12.1. The number of carbonyl (C=O) groups excluding carboxylic acids is 1. The fourth-order valence-corrected chi connectivity index (χ4v) is 5.33. The van der Waals surface area contributed by atoms with Gasteiger partial charge in [0, 0.05) is 37.6 Å². The molecule has 0 atom stereocenters. The summed E-state index contributed by atoms with van der Waals surface area (Å²) in [5.74, 6) is 0.577. The van der Waals surface area contributed by atoms with Gasteiger partial charge in [0.25, 0.3) is 15.9 Å². The molecule has 0 saturated carbocycles. The van der Waals surface area contributed by atoms with Crippen LogP contribution in [-0.4, -0.2) is 63.3 Å². The van der Waals surface area contributed by atoms with Crippen molar-refractivity contribution in [1.29, 1.82) is 0 Å². The van der Waals surface area contributed by atoms with Gasteiger partial charge in [-0.3, -0.25) is 9.52 Å². The third-order valence-corrected chi connectivity index (χ3v) is 7.04. The summed E-state index contributed by atoms with van der Waals surface area (Å²) < 4.78 is 48.0. The minimum atomic E-state index is -4.12. The molecule has 9 nitrogen and oxygen atoms in total. The molecule has 1 saturated heterocycles. The average Bonchev–Trinajstić information content (AvgIpc) is 3.00. The zero-order valence-corrected chi connectivity index (χ0v) is 20.0. The normalized spacial score (nSPS) is 14.3. The summed E-state index contributed by atoms with van der Waals surface area (Å²) in [6.45, 7) is 9.62. The summed E-state index contributed by atoms with van der Waals surface area (Å²) in [5, 5.41) is 0. The molecule has 1 fully saturated rings. The Morgan fingerprint density at radius 3 is 2.38 bits per heavy atom. The highest BCUT2D eigenvalue weighted by atomic mass is 32.2. The van der Waals surface area contributed by atoms with Gasteiger partial charge in [-0.1, -0.05) is 0 Å². The summed E-state index contributed by atoms with van der Waals surface area (Å²) in [5.41, 5.74) is 1.50. The second kappa shape index (κ2) is 9.83. The number of hydrogen-bond donors (Lipinski definition) is 1. The summed E-state index contributed by atoms with van der Waals surface area (Å²) >= 11 is 0. The maximum absolute atomic E-state index is 13.6. The highest BCUT2D eigenvalue weighted by molar-refractivity contribution is 7.92. The third-order valence-electron chi connectivity index (χ3n) is 5.51.